The fourth-order valence-electron chi connectivity index (χ4n) is 1.92. The van der Waals surface area contributed by atoms with Gasteiger partial charge in [0.2, 0.25) is 0 Å². The van der Waals surface area contributed by atoms with Gasteiger partial charge >= 0.3 is 15.6 Å². The molecule has 0 atom stereocenters. The van der Waals surface area contributed by atoms with Crippen LogP contribution >= 0.6 is 0 Å². The summed E-state index contributed by atoms with van der Waals surface area (Å²) in [6, 6.07) is 5.56. The molecule has 134 valence electrons. The van der Waals surface area contributed by atoms with Gasteiger partial charge in [0.1, 0.15) is 5.75 Å². The first-order chi connectivity index (χ1) is 11.1. The molecular weight excluding hydrogens is 345 g/mol. The van der Waals surface area contributed by atoms with Gasteiger partial charge in [-0.05, 0) is 43.7 Å². The molecule has 5 nitrogen and oxygen atoms in total. The predicted octanol–water partition coefficient (Wildman–Crippen LogP) is 3.30. The number of fused-ring (bicyclic) bond motifs is 1. The number of benzene rings is 1. The van der Waals surface area contributed by atoms with Crippen molar-refractivity contribution in [1.82, 2.24) is 4.98 Å². The molecule has 0 aliphatic heterocycles. The van der Waals surface area contributed by atoms with Crippen LogP contribution in [-0.4, -0.2) is 25.5 Å². The number of nitrogens with two attached hydrogens (primary N) is 1. The lowest BCUT2D eigenvalue weighted by atomic mass is 10.1. The number of nitrogens with zero attached hydrogens (tertiary/aromatic N) is 1. The maximum atomic E-state index is 12.3. The summed E-state index contributed by atoms with van der Waals surface area (Å²) in [7, 11) is -5.69. The zero-order valence-electron chi connectivity index (χ0n) is 13.5. The first-order valence-corrected chi connectivity index (χ1v) is 8.66. The third-order valence-electron chi connectivity index (χ3n) is 2.99. The summed E-state index contributed by atoms with van der Waals surface area (Å²) in [4.78, 5) is 4.24. The molecule has 0 aliphatic carbocycles. The topological polar surface area (TPSA) is 82.3 Å². The Labute approximate surface area is 138 Å². The zero-order valence-corrected chi connectivity index (χ0v) is 14.3. The average Bonchev–Trinajstić information content (AvgIpc) is 2.49. The van der Waals surface area contributed by atoms with Crippen molar-refractivity contribution in [3.63, 3.8) is 0 Å². The Balaban J connectivity index is 0.00000139. The van der Waals surface area contributed by atoms with Gasteiger partial charge in [-0.3, -0.25) is 4.98 Å². The maximum Gasteiger partial charge on any atom is 0.534 e. The number of pyridine rings is 1. The largest absolute Gasteiger partial charge is 0.534 e. The van der Waals surface area contributed by atoms with Crippen LogP contribution in [0.15, 0.2) is 24.3 Å². The lowest BCUT2D eigenvalue weighted by Gasteiger charge is -2.11. The quantitative estimate of drug-likeness (QED) is 0.665. The van der Waals surface area contributed by atoms with Crippen LogP contribution in [-0.2, 0) is 16.5 Å². The van der Waals surface area contributed by atoms with E-state index < -0.39 is 21.4 Å². The van der Waals surface area contributed by atoms with Crippen molar-refractivity contribution in [1.29, 1.82) is 0 Å². The van der Waals surface area contributed by atoms with Crippen molar-refractivity contribution < 1.29 is 25.8 Å². The summed E-state index contributed by atoms with van der Waals surface area (Å²) >= 11 is 0. The third kappa shape index (κ3) is 4.57. The minimum atomic E-state index is -5.69. The SMILES string of the molecule is CC.Cc1nc2cc(OS(=O)(=O)C(F)(F)F)ccc2cc1CCN. The van der Waals surface area contributed by atoms with E-state index in [0.29, 0.717) is 29.6 Å². The molecular formula is C15H19F3N2O3S. The number of halogens is 3. The van der Waals surface area contributed by atoms with Gasteiger partial charge in [0.05, 0.1) is 5.52 Å². The molecule has 1 aromatic heterocycles. The van der Waals surface area contributed by atoms with Crippen LogP contribution in [0.5, 0.6) is 5.75 Å². The number of hydrogen-bond donors (Lipinski definition) is 1. The average molecular weight is 364 g/mol. The van der Waals surface area contributed by atoms with Gasteiger partial charge in [0.15, 0.2) is 0 Å². The minimum absolute atomic E-state index is 0.341. The highest BCUT2D eigenvalue weighted by atomic mass is 32.2. The molecule has 1 aromatic carbocycles. The summed E-state index contributed by atoms with van der Waals surface area (Å²) < 4.78 is 62.9. The second kappa shape index (κ2) is 7.80. The molecule has 2 aromatic rings. The first kappa shape index (κ1) is 20.2. The van der Waals surface area contributed by atoms with Crippen molar-refractivity contribution in [2.75, 3.05) is 6.54 Å². The molecule has 0 saturated heterocycles. The van der Waals surface area contributed by atoms with E-state index in [0.717, 1.165) is 17.7 Å². The lowest BCUT2D eigenvalue weighted by molar-refractivity contribution is -0.0500. The van der Waals surface area contributed by atoms with Crippen molar-refractivity contribution in [3.8, 4) is 5.75 Å². The van der Waals surface area contributed by atoms with Crippen LogP contribution in [0.4, 0.5) is 13.2 Å². The van der Waals surface area contributed by atoms with E-state index in [4.69, 9.17) is 5.73 Å². The molecule has 0 bridgehead atoms. The standard InChI is InChI=1S/C13H13F3N2O3S.C2H6/c1-8-9(4-5-17)6-10-2-3-11(7-12(10)18-8)21-22(19,20)13(14,15)16;1-2/h2-3,6-7H,4-5,17H2,1H3;1-2H3. The molecule has 0 radical (unpaired) electrons. The Morgan fingerprint density at radius 1 is 1.21 bits per heavy atom. The van der Waals surface area contributed by atoms with E-state index in [2.05, 4.69) is 9.17 Å². The normalized spacial score (nSPS) is 11.8. The van der Waals surface area contributed by atoms with Gasteiger partial charge < -0.3 is 9.92 Å². The van der Waals surface area contributed by atoms with E-state index in [-0.39, 0.29) is 0 Å². The molecule has 0 unspecified atom stereocenters. The van der Waals surface area contributed by atoms with Crippen molar-refractivity contribution in [2.24, 2.45) is 5.73 Å². The number of rotatable bonds is 4. The van der Waals surface area contributed by atoms with E-state index >= 15 is 0 Å². The molecule has 1 heterocycles. The highest BCUT2D eigenvalue weighted by molar-refractivity contribution is 7.88. The van der Waals surface area contributed by atoms with Crippen molar-refractivity contribution >= 4 is 21.0 Å². The lowest BCUT2D eigenvalue weighted by Crippen LogP contribution is -2.28. The van der Waals surface area contributed by atoms with Crippen LogP contribution in [0.2, 0.25) is 0 Å². The minimum Gasteiger partial charge on any atom is -0.376 e. The van der Waals surface area contributed by atoms with Crippen LogP contribution in [0.1, 0.15) is 25.1 Å². The van der Waals surface area contributed by atoms with E-state index in [9.17, 15) is 21.6 Å². The van der Waals surface area contributed by atoms with Crippen molar-refractivity contribution in [2.45, 2.75) is 32.7 Å². The summed E-state index contributed by atoms with van der Waals surface area (Å²) in [6.45, 7) is 6.18. The van der Waals surface area contributed by atoms with Gasteiger partial charge in [0, 0.05) is 17.1 Å². The number of aryl methyl sites for hydroxylation is 1. The molecule has 0 fully saturated rings. The first-order valence-electron chi connectivity index (χ1n) is 7.25. The highest BCUT2D eigenvalue weighted by Gasteiger charge is 2.48. The molecule has 2 rings (SSSR count). The fourth-order valence-corrected chi connectivity index (χ4v) is 2.37. The van der Waals surface area contributed by atoms with E-state index in [1.54, 1.807) is 6.92 Å². The Bertz CT molecular complexity index is 805. The molecule has 0 aliphatic rings. The highest BCUT2D eigenvalue weighted by Crippen LogP contribution is 2.29. The maximum absolute atomic E-state index is 12.3. The van der Waals surface area contributed by atoms with Crippen LogP contribution in [0.3, 0.4) is 0 Å². The Kier molecular flexibility index (Phi) is 6.56. The third-order valence-corrected chi connectivity index (χ3v) is 3.97. The summed E-state index contributed by atoms with van der Waals surface area (Å²) in [5, 5.41) is 0.658. The van der Waals surface area contributed by atoms with Crippen LogP contribution < -0.4 is 9.92 Å². The molecule has 0 spiro atoms. The van der Waals surface area contributed by atoms with Crippen molar-refractivity contribution in [3.05, 3.63) is 35.5 Å². The number of hydrogen-bond acceptors (Lipinski definition) is 5. The smallest absolute Gasteiger partial charge is 0.376 e. The molecule has 9 heteroatoms. The summed E-state index contributed by atoms with van der Waals surface area (Å²) in [5.41, 5.74) is 1.95. The van der Waals surface area contributed by atoms with Gasteiger partial charge in [-0.25, -0.2) is 0 Å². The van der Waals surface area contributed by atoms with Gasteiger partial charge in [-0.1, -0.05) is 13.8 Å². The van der Waals surface area contributed by atoms with Crippen LogP contribution in [0, 0.1) is 6.92 Å². The van der Waals surface area contributed by atoms with E-state index in [1.165, 1.54) is 6.07 Å². The number of alkyl halides is 3. The molecule has 0 saturated carbocycles. The fraction of sp³-hybridized carbons (Fsp3) is 0.400. The number of aromatic nitrogens is 1. The Morgan fingerprint density at radius 3 is 2.38 bits per heavy atom. The second-order valence-corrected chi connectivity index (χ2v) is 6.15. The summed E-state index contributed by atoms with van der Waals surface area (Å²) in [6.07, 6.45) is 0.621. The van der Waals surface area contributed by atoms with Crippen LogP contribution in [0.25, 0.3) is 10.9 Å². The Morgan fingerprint density at radius 2 is 1.83 bits per heavy atom. The molecule has 2 N–H and O–H groups in total. The van der Waals surface area contributed by atoms with Gasteiger partial charge in [-0.15, -0.1) is 0 Å². The van der Waals surface area contributed by atoms with E-state index in [1.807, 2.05) is 19.9 Å². The zero-order chi connectivity index (χ0) is 18.5. The molecule has 24 heavy (non-hydrogen) atoms. The van der Waals surface area contributed by atoms with Gasteiger partial charge in [-0.2, -0.15) is 21.6 Å². The monoisotopic (exact) mass is 364 g/mol. The second-order valence-electron chi connectivity index (χ2n) is 4.61. The van der Waals surface area contributed by atoms with Gasteiger partial charge in [0.25, 0.3) is 0 Å². The Hall–Kier alpha value is -1.87. The molecule has 0 amide bonds. The summed E-state index contributed by atoms with van der Waals surface area (Å²) in [5.74, 6) is -0.441. The predicted molar refractivity (Wildman–Crippen MR) is 86.2 cm³/mol.